The Hall–Kier alpha value is -0.850. The van der Waals surface area contributed by atoms with Gasteiger partial charge in [0.1, 0.15) is 4.88 Å². The number of hydrogen-bond donors (Lipinski definition) is 1. The molecule has 0 fully saturated rings. The monoisotopic (exact) mass is 231 g/mol. The van der Waals surface area contributed by atoms with Gasteiger partial charge in [0.15, 0.2) is 0 Å². The van der Waals surface area contributed by atoms with Crippen molar-refractivity contribution in [1.82, 2.24) is 0 Å². The zero-order valence-corrected chi connectivity index (χ0v) is 7.55. The van der Waals surface area contributed by atoms with E-state index >= 15 is 0 Å². The third-order valence-electron chi connectivity index (χ3n) is 1.37. The van der Waals surface area contributed by atoms with Crippen molar-refractivity contribution < 1.29 is 22.0 Å². The number of rotatable bonds is 3. The molecule has 0 atom stereocenters. The van der Waals surface area contributed by atoms with Crippen molar-refractivity contribution in [3.8, 4) is 0 Å². The van der Waals surface area contributed by atoms with Crippen LogP contribution in [0.1, 0.15) is 4.88 Å². The highest BCUT2D eigenvalue weighted by Gasteiger charge is 2.35. The molecule has 14 heavy (non-hydrogen) atoms. The van der Waals surface area contributed by atoms with Gasteiger partial charge >= 0.3 is 6.18 Å². The SMILES string of the molecule is FC(F)CNc1ccsc1C(F)(F)F. The fourth-order valence-corrected chi connectivity index (χ4v) is 1.60. The minimum absolute atomic E-state index is 0.289. The standard InChI is InChI=1S/C7H6F5NS/c8-5(9)3-13-4-1-2-14-6(4)7(10,11)12/h1-2,5,13H,3H2. The van der Waals surface area contributed by atoms with E-state index in [0.29, 0.717) is 11.3 Å². The Bertz CT molecular complexity index is 293. The number of thiophene rings is 1. The number of halogens is 5. The second kappa shape index (κ2) is 4.12. The molecule has 1 aromatic heterocycles. The average molecular weight is 231 g/mol. The Kier molecular flexibility index (Phi) is 3.30. The molecule has 0 unspecified atom stereocenters. The zero-order valence-electron chi connectivity index (χ0n) is 6.74. The average Bonchev–Trinajstić information content (AvgIpc) is 2.46. The van der Waals surface area contributed by atoms with Crippen LogP contribution in [0.3, 0.4) is 0 Å². The third kappa shape index (κ3) is 2.83. The predicted molar refractivity (Wildman–Crippen MR) is 43.8 cm³/mol. The molecule has 0 aliphatic rings. The second-order valence-electron chi connectivity index (χ2n) is 2.43. The lowest BCUT2D eigenvalue weighted by Crippen LogP contribution is -2.13. The van der Waals surface area contributed by atoms with E-state index in [2.05, 4.69) is 0 Å². The van der Waals surface area contributed by atoms with Gasteiger partial charge in [-0.3, -0.25) is 0 Å². The summed E-state index contributed by atoms with van der Waals surface area (Å²) >= 11 is 0.476. The molecule has 1 aromatic rings. The molecule has 0 spiro atoms. The van der Waals surface area contributed by atoms with Crippen LogP contribution >= 0.6 is 11.3 Å². The van der Waals surface area contributed by atoms with Crippen molar-refractivity contribution in [3.05, 3.63) is 16.3 Å². The highest BCUT2D eigenvalue weighted by atomic mass is 32.1. The first kappa shape index (κ1) is 11.2. The van der Waals surface area contributed by atoms with Gasteiger partial charge in [-0.05, 0) is 11.4 Å². The van der Waals surface area contributed by atoms with Crippen LogP contribution in [0.4, 0.5) is 27.6 Å². The van der Waals surface area contributed by atoms with Crippen LogP contribution in [0.5, 0.6) is 0 Å². The van der Waals surface area contributed by atoms with Gasteiger partial charge in [0.05, 0.1) is 12.2 Å². The number of nitrogens with one attached hydrogen (secondary N) is 1. The minimum atomic E-state index is -4.49. The van der Waals surface area contributed by atoms with Gasteiger partial charge in [0.25, 0.3) is 6.43 Å². The molecule has 0 saturated carbocycles. The first-order chi connectivity index (χ1) is 6.41. The fourth-order valence-electron chi connectivity index (χ4n) is 0.855. The molecule has 1 rings (SSSR count). The maximum absolute atomic E-state index is 12.2. The van der Waals surface area contributed by atoms with E-state index in [9.17, 15) is 22.0 Å². The maximum Gasteiger partial charge on any atom is 0.427 e. The molecule has 7 heteroatoms. The van der Waals surface area contributed by atoms with Gasteiger partial charge in [0.2, 0.25) is 0 Å². The van der Waals surface area contributed by atoms with E-state index in [-0.39, 0.29) is 5.69 Å². The van der Waals surface area contributed by atoms with Crippen LogP contribution in [0.2, 0.25) is 0 Å². The van der Waals surface area contributed by atoms with Crippen LogP contribution in [0.25, 0.3) is 0 Å². The lowest BCUT2D eigenvalue weighted by atomic mass is 10.4. The minimum Gasteiger partial charge on any atom is -0.378 e. The summed E-state index contributed by atoms with van der Waals surface area (Å²) in [4.78, 5) is -0.877. The third-order valence-corrected chi connectivity index (χ3v) is 2.33. The largest absolute Gasteiger partial charge is 0.427 e. The molecule has 0 amide bonds. The first-order valence-corrected chi connectivity index (χ1v) is 4.46. The Morgan fingerprint density at radius 3 is 2.50 bits per heavy atom. The predicted octanol–water partition coefficient (Wildman–Crippen LogP) is 3.44. The summed E-state index contributed by atoms with van der Waals surface area (Å²) in [6.45, 7) is -0.778. The lowest BCUT2D eigenvalue weighted by molar-refractivity contribution is -0.133. The first-order valence-electron chi connectivity index (χ1n) is 3.58. The van der Waals surface area contributed by atoms with Crippen molar-refractivity contribution in [2.24, 2.45) is 0 Å². The number of anilines is 1. The molecule has 0 aromatic carbocycles. The van der Waals surface area contributed by atoms with Crippen LogP contribution in [-0.2, 0) is 6.18 Å². The van der Waals surface area contributed by atoms with Gasteiger partial charge < -0.3 is 5.32 Å². The normalized spacial score (nSPS) is 12.1. The molecule has 1 heterocycles. The van der Waals surface area contributed by atoms with Gasteiger partial charge in [-0.15, -0.1) is 11.3 Å². The summed E-state index contributed by atoms with van der Waals surface area (Å²) in [5.41, 5.74) is -0.289. The molecule has 0 aliphatic carbocycles. The highest BCUT2D eigenvalue weighted by Crippen LogP contribution is 2.38. The van der Waals surface area contributed by atoms with Crippen LogP contribution in [0, 0.1) is 0 Å². The Morgan fingerprint density at radius 2 is 2.00 bits per heavy atom. The zero-order chi connectivity index (χ0) is 10.8. The molecule has 0 radical (unpaired) electrons. The molecular formula is C7H6F5NS. The molecule has 1 N–H and O–H groups in total. The van der Waals surface area contributed by atoms with E-state index < -0.39 is 24.0 Å². The summed E-state index contributed by atoms with van der Waals surface area (Å²) < 4.78 is 60.0. The summed E-state index contributed by atoms with van der Waals surface area (Å²) in [6, 6.07) is 1.13. The van der Waals surface area contributed by atoms with E-state index in [1.54, 1.807) is 0 Å². The van der Waals surface area contributed by atoms with Gasteiger partial charge in [-0.1, -0.05) is 0 Å². The number of hydrogen-bond acceptors (Lipinski definition) is 2. The lowest BCUT2D eigenvalue weighted by Gasteiger charge is -2.09. The van der Waals surface area contributed by atoms with Crippen molar-refractivity contribution in [1.29, 1.82) is 0 Å². The van der Waals surface area contributed by atoms with Gasteiger partial charge in [-0.25, -0.2) is 8.78 Å². The van der Waals surface area contributed by atoms with Gasteiger partial charge in [-0.2, -0.15) is 13.2 Å². The molecule has 0 bridgehead atoms. The summed E-state index contributed by atoms with van der Waals surface area (Å²) in [5.74, 6) is 0. The summed E-state index contributed by atoms with van der Waals surface area (Å²) in [7, 11) is 0. The molecule has 0 saturated heterocycles. The van der Waals surface area contributed by atoms with Gasteiger partial charge in [0, 0.05) is 0 Å². The van der Waals surface area contributed by atoms with E-state index in [1.807, 2.05) is 5.32 Å². The van der Waals surface area contributed by atoms with E-state index in [0.717, 1.165) is 6.07 Å². The van der Waals surface area contributed by atoms with Crippen LogP contribution in [-0.4, -0.2) is 13.0 Å². The fraction of sp³-hybridized carbons (Fsp3) is 0.429. The Morgan fingerprint density at radius 1 is 1.36 bits per heavy atom. The maximum atomic E-state index is 12.2. The van der Waals surface area contributed by atoms with E-state index in [1.165, 1.54) is 5.38 Å². The topological polar surface area (TPSA) is 12.0 Å². The highest BCUT2D eigenvalue weighted by molar-refractivity contribution is 7.10. The summed E-state index contributed by atoms with van der Waals surface area (Å²) in [6.07, 6.45) is -7.16. The van der Waals surface area contributed by atoms with Crippen LogP contribution < -0.4 is 5.32 Å². The molecule has 80 valence electrons. The quantitative estimate of drug-likeness (QED) is 0.785. The van der Waals surface area contributed by atoms with Crippen molar-refractivity contribution in [3.63, 3.8) is 0 Å². The van der Waals surface area contributed by atoms with Crippen molar-refractivity contribution in [2.45, 2.75) is 12.6 Å². The number of alkyl halides is 5. The Balaban J connectivity index is 2.73. The van der Waals surface area contributed by atoms with E-state index in [4.69, 9.17) is 0 Å². The van der Waals surface area contributed by atoms with Crippen molar-refractivity contribution >= 4 is 17.0 Å². The Labute approximate surface area is 80.5 Å². The van der Waals surface area contributed by atoms with Crippen LogP contribution in [0.15, 0.2) is 11.4 Å². The molecular weight excluding hydrogens is 225 g/mol. The molecule has 1 nitrogen and oxygen atoms in total. The molecule has 0 aliphatic heterocycles. The second-order valence-corrected chi connectivity index (χ2v) is 3.35. The smallest absolute Gasteiger partial charge is 0.378 e. The van der Waals surface area contributed by atoms with Crippen molar-refractivity contribution in [2.75, 3.05) is 11.9 Å². The summed E-state index contributed by atoms with van der Waals surface area (Å²) in [5, 5.41) is 3.24.